The van der Waals surface area contributed by atoms with Gasteiger partial charge in [0.25, 0.3) is 0 Å². The first-order valence-corrected chi connectivity index (χ1v) is 11.5. The molecule has 0 radical (unpaired) electrons. The van der Waals surface area contributed by atoms with Crippen LogP contribution in [0.2, 0.25) is 0 Å². The number of benzene rings is 2. The van der Waals surface area contributed by atoms with Crippen molar-refractivity contribution in [2.24, 2.45) is 0 Å². The molecule has 0 aliphatic heterocycles. The third-order valence-electron chi connectivity index (χ3n) is 6.89. The second-order valence-corrected chi connectivity index (χ2v) is 10.2. The van der Waals surface area contributed by atoms with Crippen LogP contribution in [0.15, 0.2) is 48.7 Å². The fourth-order valence-corrected chi connectivity index (χ4v) is 5.57. The van der Waals surface area contributed by atoms with Crippen molar-refractivity contribution in [2.45, 2.75) is 57.7 Å². The van der Waals surface area contributed by atoms with Gasteiger partial charge in [0, 0.05) is 39.4 Å². The summed E-state index contributed by atoms with van der Waals surface area (Å²) in [4.78, 5) is 22.1. The van der Waals surface area contributed by atoms with E-state index < -0.39 is 17.7 Å². The third-order valence-corrected chi connectivity index (χ3v) is 6.89. The zero-order valence-electron chi connectivity index (χ0n) is 19.2. The molecule has 0 saturated heterocycles. The van der Waals surface area contributed by atoms with E-state index in [1.165, 1.54) is 22.9 Å². The fourth-order valence-electron chi connectivity index (χ4n) is 5.57. The molecule has 2 aliphatic carbocycles. The average molecular weight is 439 g/mol. The molecule has 6 rings (SSSR count). The monoisotopic (exact) mass is 438 g/mol. The van der Waals surface area contributed by atoms with Gasteiger partial charge in [0.05, 0.1) is 16.6 Å². The van der Waals surface area contributed by atoms with Crippen molar-refractivity contribution in [3.05, 3.63) is 71.0 Å². The fraction of sp³-hybridized carbons (Fsp3) is 0.321. The van der Waals surface area contributed by atoms with E-state index >= 15 is 0 Å². The first-order valence-electron chi connectivity index (χ1n) is 11.5. The van der Waals surface area contributed by atoms with Crippen LogP contribution < -0.4 is 0 Å². The molecule has 0 spiro atoms. The summed E-state index contributed by atoms with van der Waals surface area (Å²) in [7, 11) is 0. The molecule has 5 nitrogen and oxygen atoms in total. The summed E-state index contributed by atoms with van der Waals surface area (Å²) in [6, 6.07) is 14.4. The smallest absolute Gasteiger partial charge is 0.337 e. The van der Waals surface area contributed by atoms with E-state index in [1.54, 1.807) is 0 Å². The van der Waals surface area contributed by atoms with Gasteiger partial charge >= 0.3 is 5.97 Å². The van der Waals surface area contributed by atoms with Crippen LogP contribution in [0.3, 0.4) is 0 Å². The van der Waals surface area contributed by atoms with Crippen molar-refractivity contribution in [3.8, 4) is 11.1 Å². The highest BCUT2D eigenvalue weighted by molar-refractivity contribution is 6.08. The lowest BCUT2D eigenvalue weighted by Crippen LogP contribution is -2.28. The molecule has 0 bridgehead atoms. The minimum Gasteiger partial charge on any atom is -0.479 e. The van der Waals surface area contributed by atoms with Gasteiger partial charge in [0.2, 0.25) is 0 Å². The van der Waals surface area contributed by atoms with E-state index in [1.807, 2.05) is 58.2 Å². The standard InChI is InChI=1S/C28H26N2O3/c1-14-22(26(27(31)32)33-28(2,3)4)23(17-7-5-6-8-21(17)30-14)18-10-9-15-19-13-20(19)16-11-12-29-25(18)24(15)16/h5-12,19-20,26H,13H2,1-4H3,(H,31,32). The lowest BCUT2D eigenvalue weighted by atomic mass is 9.88. The van der Waals surface area contributed by atoms with Gasteiger partial charge in [-0.15, -0.1) is 0 Å². The van der Waals surface area contributed by atoms with Crippen LogP contribution in [-0.2, 0) is 9.53 Å². The second-order valence-electron chi connectivity index (χ2n) is 10.2. The minimum atomic E-state index is -1.14. The largest absolute Gasteiger partial charge is 0.479 e. The van der Waals surface area contributed by atoms with Gasteiger partial charge < -0.3 is 9.84 Å². The Morgan fingerprint density at radius 3 is 2.55 bits per heavy atom. The summed E-state index contributed by atoms with van der Waals surface area (Å²) < 4.78 is 6.11. The highest BCUT2D eigenvalue weighted by atomic mass is 16.5. The van der Waals surface area contributed by atoms with Crippen LogP contribution in [0.25, 0.3) is 32.9 Å². The molecule has 1 fully saturated rings. The lowest BCUT2D eigenvalue weighted by molar-refractivity contribution is -0.160. The number of pyridine rings is 2. The molecule has 4 aromatic rings. The highest BCUT2D eigenvalue weighted by Gasteiger charge is 2.47. The third kappa shape index (κ3) is 3.06. The van der Waals surface area contributed by atoms with Gasteiger partial charge in [-0.1, -0.05) is 30.3 Å². The molecule has 3 unspecified atom stereocenters. The number of aliphatic carboxylic acids is 1. The number of aryl methyl sites for hydroxylation is 1. The van der Waals surface area contributed by atoms with E-state index in [2.05, 4.69) is 18.2 Å². The Kier molecular flexibility index (Phi) is 4.21. The number of para-hydroxylation sites is 1. The Labute approximate surface area is 192 Å². The number of carbonyl (C=O) groups is 1. The molecule has 0 amide bonds. The summed E-state index contributed by atoms with van der Waals surface area (Å²) in [6.45, 7) is 7.49. The van der Waals surface area contributed by atoms with Crippen molar-refractivity contribution in [1.29, 1.82) is 0 Å². The number of rotatable bonds is 4. The Hall–Kier alpha value is -3.31. The number of ether oxygens (including phenoxy) is 1. The van der Waals surface area contributed by atoms with Gasteiger partial charge in [-0.3, -0.25) is 9.97 Å². The molecular formula is C28H26N2O3. The molecule has 2 aromatic heterocycles. The molecule has 1 N–H and O–H groups in total. The van der Waals surface area contributed by atoms with Crippen LogP contribution in [0.1, 0.15) is 67.5 Å². The Bertz CT molecular complexity index is 1450. The summed E-state index contributed by atoms with van der Waals surface area (Å²) in [5, 5.41) is 12.4. The van der Waals surface area contributed by atoms with Gasteiger partial charge in [-0.05, 0) is 69.2 Å². The average Bonchev–Trinajstić information content (AvgIpc) is 3.49. The molecule has 2 heterocycles. The van der Waals surface area contributed by atoms with Crippen molar-refractivity contribution in [1.82, 2.24) is 9.97 Å². The zero-order valence-corrected chi connectivity index (χ0v) is 19.2. The number of carboxylic acids is 1. The van der Waals surface area contributed by atoms with E-state index in [0.29, 0.717) is 23.1 Å². The highest BCUT2D eigenvalue weighted by Crippen LogP contribution is 2.63. The topological polar surface area (TPSA) is 72.3 Å². The quantitative estimate of drug-likeness (QED) is 0.406. The normalized spacial score (nSPS) is 19.6. The first kappa shape index (κ1) is 20.3. The van der Waals surface area contributed by atoms with Crippen LogP contribution in [0.5, 0.6) is 0 Å². The minimum absolute atomic E-state index is 0.599. The number of carboxylic acid groups (broad SMARTS) is 1. The van der Waals surface area contributed by atoms with Crippen LogP contribution in [-0.4, -0.2) is 26.6 Å². The lowest BCUT2D eigenvalue weighted by Gasteiger charge is -2.28. The predicted octanol–water partition coefficient (Wildman–Crippen LogP) is 6.28. The Morgan fingerprint density at radius 2 is 1.82 bits per heavy atom. The van der Waals surface area contributed by atoms with Gasteiger partial charge in [-0.2, -0.15) is 0 Å². The maximum atomic E-state index is 12.5. The maximum absolute atomic E-state index is 12.5. The van der Waals surface area contributed by atoms with Crippen molar-refractivity contribution < 1.29 is 14.6 Å². The maximum Gasteiger partial charge on any atom is 0.337 e. The molecule has 1 saturated carbocycles. The van der Waals surface area contributed by atoms with E-state index in [-0.39, 0.29) is 0 Å². The first-order chi connectivity index (χ1) is 15.7. The van der Waals surface area contributed by atoms with Crippen LogP contribution >= 0.6 is 0 Å². The molecule has 3 atom stereocenters. The zero-order chi connectivity index (χ0) is 23.1. The van der Waals surface area contributed by atoms with E-state index in [4.69, 9.17) is 14.7 Å². The van der Waals surface area contributed by atoms with Crippen molar-refractivity contribution in [3.63, 3.8) is 0 Å². The SMILES string of the molecule is Cc1nc2ccccc2c(-c2ccc3c4c(ccnc24)C2CC32)c1C(OC(C)(C)C)C(=O)O. The summed E-state index contributed by atoms with van der Waals surface area (Å²) >= 11 is 0. The van der Waals surface area contributed by atoms with Crippen LogP contribution in [0, 0.1) is 6.92 Å². The molecule has 2 aromatic carbocycles. The Balaban J connectivity index is 1.71. The van der Waals surface area contributed by atoms with Gasteiger partial charge in [0.15, 0.2) is 6.10 Å². The number of hydrogen-bond acceptors (Lipinski definition) is 4. The van der Waals surface area contributed by atoms with E-state index in [0.717, 1.165) is 27.5 Å². The Morgan fingerprint density at radius 1 is 1.09 bits per heavy atom. The summed E-state index contributed by atoms with van der Waals surface area (Å²) in [5.41, 5.74) is 6.93. The molecule has 166 valence electrons. The van der Waals surface area contributed by atoms with Gasteiger partial charge in [-0.25, -0.2) is 4.79 Å². The molecule has 5 heteroatoms. The number of fused-ring (bicyclic) bond motifs is 4. The van der Waals surface area contributed by atoms with Gasteiger partial charge in [0.1, 0.15) is 0 Å². The van der Waals surface area contributed by atoms with Crippen LogP contribution in [0.4, 0.5) is 0 Å². The van der Waals surface area contributed by atoms with Crippen molar-refractivity contribution >= 4 is 27.8 Å². The summed E-state index contributed by atoms with van der Waals surface area (Å²) in [6.07, 6.45) is 1.96. The number of aromatic nitrogens is 2. The summed E-state index contributed by atoms with van der Waals surface area (Å²) in [5.74, 6) is 0.186. The number of hydrogen-bond donors (Lipinski definition) is 1. The predicted molar refractivity (Wildman–Crippen MR) is 129 cm³/mol. The molecule has 33 heavy (non-hydrogen) atoms. The van der Waals surface area contributed by atoms with E-state index in [9.17, 15) is 9.90 Å². The molecular weight excluding hydrogens is 412 g/mol. The molecule has 2 aliphatic rings. The second kappa shape index (κ2) is 6.84. The van der Waals surface area contributed by atoms with Crippen molar-refractivity contribution in [2.75, 3.05) is 0 Å². The number of nitrogens with zero attached hydrogens (tertiary/aromatic N) is 2.